The Morgan fingerprint density at radius 1 is 1.55 bits per heavy atom. The highest BCUT2D eigenvalue weighted by molar-refractivity contribution is 5.98. The van der Waals surface area contributed by atoms with Crippen LogP contribution >= 0.6 is 0 Å². The molecule has 1 aliphatic rings. The predicted molar refractivity (Wildman–Crippen MR) is 73.7 cm³/mol. The van der Waals surface area contributed by atoms with Gasteiger partial charge in [0.2, 0.25) is 0 Å². The Hall–Kier alpha value is -1.79. The van der Waals surface area contributed by atoms with Gasteiger partial charge >= 0.3 is 0 Å². The summed E-state index contributed by atoms with van der Waals surface area (Å²) >= 11 is 0. The van der Waals surface area contributed by atoms with E-state index in [-0.39, 0.29) is 23.9 Å². The molecule has 0 aromatic heterocycles. The van der Waals surface area contributed by atoms with Crippen LogP contribution < -0.4 is 0 Å². The van der Waals surface area contributed by atoms with Crippen LogP contribution in [0.4, 0.5) is 5.69 Å². The molecule has 0 spiro atoms. The van der Waals surface area contributed by atoms with Crippen molar-refractivity contribution >= 4 is 11.5 Å². The van der Waals surface area contributed by atoms with E-state index in [1.54, 1.807) is 6.07 Å². The zero-order valence-corrected chi connectivity index (χ0v) is 11.4. The molecule has 0 amide bonds. The Bertz CT molecular complexity index is 518. The second-order valence-electron chi connectivity index (χ2n) is 5.30. The maximum atomic E-state index is 12.1. The minimum atomic E-state index is -0.511. The maximum absolute atomic E-state index is 12.1. The van der Waals surface area contributed by atoms with Crippen molar-refractivity contribution in [1.82, 2.24) is 4.90 Å². The molecule has 1 heterocycles. The number of benzene rings is 1. The first-order valence-electron chi connectivity index (χ1n) is 6.65. The van der Waals surface area contributed by atoms with E-state index in [1.165, 1.54) is 18.2 Å². The van der Waals surface area contributed by atoms with Crippen LogP contribution in [0, 0.1) is 16.0 Å². The second kappa shape index (κ2) is 6.11. The van der Waals surface area contributed by atoms with E-state index < -0.39 is 11.0 Å². The van der Waals surface area contributed by atoms with Gasteiger partial charge in [-0.15, -0.1) is 0 Å². The fourth-order valence-electron chi connectivity index (χ4n) is 2.35. The quantitative estimate of drug-likeness (QED) is 0.512. The van der Waals surface area contributed by atoms with Gasteiger partial charge in [0.1, 0.15) is 0 Å². The lowest BCUT2D eigenvalue weighted by Crippen LogP contribution is -2.44. The summed E-state index contributed by atoms with van der Waals surface area (Å²) in [4.78, 5) is 24.2. The number of hydrogen-bond donors (Lipinski definition) is 1. The van der Waals surface area contributed by atoms with E-state index in [9.17, 15) is 20.0 Å². The lowest BCUT2D eigenvalue weighted by Gasteiger charge is -2.33. The summed E-state index contributed by atoms with van der Waals surface area (Å²) in [5.41, 5.74) is 0.260. The number of carbonyl (C=O) groups excluding carboxylic acids is 1. The van der Waals surface area contributed by atoms with Crippen LogP contribution in [0.25, 0.3) is 0 Å². The predicted octanol–water partition coefficient (Wildman–Crippen LogP) is 1.48. The van der Waals surface area contributed by atoms with Gasteiger partial charge in [-0.1, -0.05) is 19.1 Å². The van der Waals surface area contributed by atoms with Crippen LogP contribution in [-0.4, -0.2) is 46.5 Å². The van der Waals surface area contributed by atoms with Crippen molar-refractivity contribution in [3.63, 3.8) is 0 Å². The number of nitro groups is 1. The fraction of sp³-hybridized carbons (Fsp3) is 0.500. The first kappa shape index (κ1) is 14.6. The molecule has 0 radical (unpaired) electrons. The van der Waals surface area contributed by atoms with E-state index in [1.807, 2.05) is 11.8 Å². The molecule has 108 valence electrons. The molecule has 1 saturated heterocycles. The molecule has 2 atom stereocenters. The molecule has 0 aliphatic carbocycles. The van der Waals surface area contributed by atoms with Gasteiger partial charge in [-0.2, -0.15) is 0 Å². The molecule has 1 fully saturated rings. The topological polar surface area (TPSA) is 83.7 Å². The summed E-state index contributed by atoms with van der Waals surface area (Å²) in [5.74, 6) is 0.0922. The highest BCUT2D eigenvalue weighted by atomic mass is 16.6. The molecule has 20 heavy (non-hydrogen) atoms. The number of aliphatic hydroxyl groups is 1. The van der Waals surface area contributed by atoms with Crippen molar-refractivity contribution in [2.75, 3.05) is 19.6 Å². The summed E-state index contributed by atoms with van der Waals surface area (Å²) in [6.45, 7) is 3.41. The van der Waals surface area contributed by atoms with Crippen molar-refractivity contribution < 1.29 is 14.8 Å². The third kappa shape index (κ3) is 3.40. The third-order valence-corrected chi connectivity index (χ3v) is 3.75. The minimum absolute atomic E-state index is 0.0804. The number of nitro benzene ring substituents is 1. The SMILES string of the molecule is CC1CCN(CC(=O)c2cccc([N+](=O)[O-])c2)CC1O. The van der Waals surface area contributed by atoms with Crippen LogP contribution in [-0.2, 0) is 0 Å². The Balaban J connectivity index is 2.01. The van der Waals surface area contributed by atoms with E-state index in [2.05, 4.69) is 0 Å². The van der Waals surface area contributed by atoms with Crippen molar-refractivity contribution in [2.45, 2.75) is 19.4 Å². The van der Waals surface area contributed by atoms with Gasteiger partial charge in [0.25, 0.3) is 5.69 Å². The van der Waals surface area contributed by atoms with E-state index in [4.69, 9.17) is 0 Å². The number of piperidine rings is 1. The maximum Gasteiger partial charge on any atom is 0.270 e. The van der Waals surface area contributed by atoms with Crippen LogP contribution in [0.15, 0.2) is 24.3 Å². The Morgan fingerprint density at radius 2 is 2.30 bits per heavy atom. The molecule has 1 aromatic rings. The summed E-state index contributed by atoms with van der Waals surface area (Å²) < 4.78 is 0. The molecular formula is C14H18N2O4. The van der Waals surface area contributed by atoms with Crippen LogP contribution in [0.2, 0.25) is 0 Å². The zero-order chi connectivity index (χ0) is 14.7. The number of hydrogen-bond acceptors (Lipinski definition) is 5. The number of Topliss-reactive ketones (excluding diaryl/α,β-unsaturated/α-hetero) is 1. The number of ketones is 1. The number of β-amino-alcohol motifs (C(OH)–C–C–N with tert-alkyl or cyclic N) is 1. The minimum Gasteiger partial charge on any atom is -0.392 e. The summed E-state index contributed by atoms with van der Waals surface area (Å²) in [6.07, 6.45) is 0.435. The molecule has 0 saturated carbocycles. The first-order valence-corrected chi connectivity index (χ1v) is 6.65. The molecule has 0 bridgehead atoms. The largest absolute Gasteiger partial charge is 0.392 e. The number of non-ortho nitro benzene ring substituents is 1. The second-order valence-corrected chi connectivity index (χ2v) is 5.30. The molecular weight excluding hydrogens is 260 g/mol. The number of likely N-dealkylation sites (tertiary alicyclic amines) is 1. The van der Waals surface area contributed by atoms with Crippen molar-refractivity contribution in [3.05, 3.63) is 39.9 Å². The Kier molecular flexibility index (Phi) is 4.46. The van der Waals surface area contributed by atoms with Gasteiger partial charge < -0.3 is 5.11 Å². The third-order valence-electron chi connectivity index (χ3n) is 3.75. The Labute approximate surface area is 117 Å². The normalized spacial score (nSPS) is 23.5. The standard InChI is InChI=1S/C14H18N2O4/c1-10-5-6-15(8-13(10)17)9-14(18)11-3-2-4-12(7-11)16(19)20/h2-4,7,10,13,17H,5-6,8-9H2,1H3. The van der Waals surface area contributed by atoms with Gasteiger partial charge in [-0.05, 0) is 18.9 Å². The molecule has 6 nitrogen and oxygen atoms in total. The van der Waals surface area contributed by atoms with Crippen molar-refractivity contribution in [3.8, 4) is 0 Å². The fourth-order valence-corrected chi connectivity index (χ4v) is 2.35. The van der Waals surface area contributed by atoms with Crippen LogP contribution in [0.1, 0.15) is 23.7 Å². The van der Waals surface area contributed by atoms with Gasteiger partial charge in [0, 0.05) is 24.2 Å². The van der Waals surface area contributed by atoms with Crippen LogP contribution in [0.3, 0.4) is 0 Å². The lowest BCUT2D eigenvalue weighted by atomic mass is 9.95. The van der Waals surface area contributed by atoms with Crippen LogP contribution in [0.5, 0.6) is 0 Å². The highest BCUT2D eigenvalue weighted by Gasteiger charge is 2.25. The Morgan fingerprint density at radius 3 is 2.95 bits per heavy atom. The van der Waals surface area contributed by atoms with Gasteiger partial charge in [0.05, 0.1) is 17.6 Å². The summed E-state index contributed by atoms with van der Waals surface area (Å²) in [5, 5.41) is 20.5. The van der Waals surface area contributed by atoms with Crippen molar-refractivity contribution in [1.29, 1.82) is 0 Å². The molecule has 1 aliphatic heterocycles. The lowest BCUT2D eigenvalue weighted by molar-refractivity contribution is -0.384. The molecule has 1 aromatic carbocycles. The molecule has 2 unspecified atom stereocenters. The first-order chi connectivity index (χ1) is 9.47. The van der Waals surface area contributed by atoms with E-state index in [0.717, 1.165) is 13.0 Å². The average Bonchev–Trinajstić information content (AvgIpc) is 2.43. The molecule has 1 N–H and O–H groups in total. The molecule has 2 rings (SSSR count). The number of rotatable bonds is 4. The zero-order valence-electron chi connectivity index (χ0n) is 11.4. The van der Waals surface area contributed by atoms with E-state index >= 15 is 0 Å². The monoisotopic (exact) mass is 278 g/mol. The van der Waals surface area contributed by atoms with Gasteiger partial charge in [0.15, 0.2) is 5.78 Å². The number of carbonyl (C=O) groups is 1. The summed E-state index contributed by atoms with van der Waals surface area (Å²) in [7, 11) is 0. The number of nitrogens with zero attached hydrogens (tertiary/aromatic N) is 2. The van der Waals surface area contributed by atoms with Gasteiger partial charge in [-0.3, -0.25) is 19.8 Å². The summed E-state index contributed by atoms with van der Waals surface area (Å²) in [6, 6.07) is 5.76. The number of aliphatic hydroxyl groups excluding tert-OH is 1. The average molecular weight is 278 g/mol. The van der Waals surface area contributed by atoms with E-state index in [0.29, 0.717) is 12.1 Å². The highest BCUT2D eigenvalue weighted by Crippen LogP contribution is 2.18. The van der Waals surface area contributed by atoms with Crippen molar-refractivity contribution in [2.24, 2.45) is 5.92 Å². The molecule has 6 heteroatoms. The van der Waals surface area contributed by atoms with Gasteiger partial charge in [-0.25, -0.2) is 0 Å². The smallest absolute Gasteiger partial charge is 0.270 e.